The Hall–Kier alpha value is -3.41. The molecule has 1 aromatic heterocycles. The molecule has 0 bridgehead atoms. The molecule has 126 valence electrons. The smallest absolute Gasteiger partial charge is 0.305 e. The molecule has 0 spiro atoms. The molecule has 0 aliphatic rings. The van der Waals surface area contributed by atoms with E-state index in [1.807, 2.05) is 36.4 Å². The van der Waals surface area contributed by atoms with Crippen LogP contribution < -0.4 is 5.32 Å². The third-order valence-corrected chi connectivity index (χ3v) is 3.73. The third kappa shape index (κ3) is 4.11. The van der Waals surface area contributed by atoms with Crippen LogP contribution in [-0.4, -0.2) is 26.8 Å². The van der Waals surface area contributed by atoms with Gasteiger partial charge in [-0.2, -0.15) is 5.10 Å². The molecule has 25 heavy (non-hydrogen) atoms. The van der Waals surface area contributed by atoms with Crippen molar-refractivity contribution in [3.63, 3.8) is 0 Å². The molecule has 0 unspecified atom stereocenters. The molecular weight excluding hydrogens is 318 g/mol. The van der Waals surface area contributed by atoms with Gasteiger partial charge in [0.15, 0.2) is 5.69 Å². The van der Waals surface area contributed by atoms with Gasteiger partial charge < -0.3 is 10.4 Å². The van der Waals surface area contributed by atoms with E-state index < -0.39 is 17.9 Å². The summed E-state index contributed by atoms with van der Waals surface area (Å²) < 4.78 is 1.60. The number of hydrogen-bond acceptors (Lipinski definition) is 3. The van der Waals surface area contributed by atoms with Gasteiger partial charge >= 0.3 is 5.97 Å². The van der Waals surface area contributed by atoms with E-state index in [-0.39, 0.29) is 12.1 Å². The van der Waals surface area contributed by atoms with Crippen LogP contribution in [0.4, 0.5) is 0 Å². The molecule has 0 saturated heterocycles. The summed E-state index contributed by atoms with van der Waals surface area (Å²) in [5, 5.41) is 16.1. The number of hydrogen-bond donors (Lipinski definition) is 2. The van der Waals surface area contributed by atoms with Crippen LogP contribution in [-0.2, 0) is 4.79 Å². The highest BCUT2D eigenvalue weighted by Gasteiger charge is 2.20. The van der Waals surface area contributed by atoms with Crippen LogP contribution in [0.5, 0.6) is 0 Å². The predicted molar refractivity (Wildman–Crippen MR) is 92.5 cm³/mol. The van der Waals surface area contributed by atoms with Crippen molar-refractivity contribution < 1.29 is 14.7 Å². The van der Waals surface area contributed by atoms with E-state index in [0.29, 0.717) is 0 Å². The Kier molecular flexibility index (Phi) is 4.89. The number of para-hydroxylation sites is 1. The van der Waals surface area contributed by atoms with Gasteiger partial charge in [-0.05, 0) is 23.8 Å². The monoisotopic (exact) mass is 335 g/mol. The summed E-state index contributed by atoms with van der Waals surface area (Å²) in [5.41, 5.74) is 1.81. The Labute approximate surface area is 144 Å². The molecule has 0 fully saturated rings. The number of carbonyl (C=O) groups is 2. The van der Waals surface area contributed by atoms with E-state index in [1.165, 1.54) is 0 Å². The first kappa shape index (κ1) is 16.4. The average Bonchev–Trinajstić information content (AvgIpc) is 3.12. The molecule has 3 rings (SSSR count). The summed E-state index contributed by atoms with van der Waals surface area (Å²) in [7, 11) is 0. The Morgan fingerprint density at radius 1 is 1.00 bits per heavy atom. The normalized spacial score (nSPS) is 11.7. The zero-order chi connectivity index (χ0) is 17.6. The van der Waals surface area contributed by atoms with Crippen LogP contribution in [0.2, 0.25) is 0 Å². The zero-order valence-corrected chi connectivity index (χ0v) is 13.4. The highest BCUT2D eigenvalue weighted by Crippen LogP contribution is 2.17. The lowest BCUT2D eigenvalue weighted by Gasteiger charge is -2.16. The van der Waals surface area contributed by atoms with Crippen LogP contribution in [0, 0.1) is 0 Å². The minimum absolute atomic E-state index is 0.199. The fraction of sp³-hybridized carbons (Fsp3) is 0.105. The van der Waals surface area contributed by atoms with Crippen molar-refractivity contribution in [2.45, 2.75) is 12.5 Å². The van der Waals surface area contributed by atoms with Gasteiger partial charge in [-0.15, -0.1) is 0 Å². The fourth-order valence-corrected chi connectivity index (χ4v) is 2.51. The second-order valence-electron chi connectivity index (χ2n) is 5.52. The molecule has 0 saturated carbocycles. The summed E-state index contributed by atoms with van der Waals surface area (Å²) in [4.78, 5) is 23.6. The van der Waals surface area contributed by atoms with Gasteiger partial charge in [0.2, 0.25) is 0 Å². The quantitative estimate of drug-likeness (QED) is 0.725. The second kappa shape index (κ2) is 7.44. The summed E-state index contributed by atoms with van der Waals surface area (Å²) in [6.45, 7) is 0. The lowest BCUT2D eigenvalue weighted by molar-refractivity contribution is -0.137. The highest BCUT2D eigenvalue weighted by atomic mass is 16.4. The minimum Gasteiger partial charge on any atom is -0.481 e. The molecule has 3 aromatic rings. The first-order chi connectivity index (χ1) is 12.1. The van der Waals surface area contributed by atoms with Gasteiger partial charge in [-0.1, -0.05) is 48.5 Å². The van der Waals surface area contributed by atoms with Crippen LogP contribution >= 0.6 is 0 Å². The Morgan fingerprint density at radius 2 is 1.64 bits per heavy atom. The van der Waals surface area contributed by atoms with Crippen molar-refractivity contribution in [1.29, 1.82) is 0 Å². The Bertz CT molecular complexity index is 860. The number of nitrogens with zero attached hydrogens (tertiary/aromatic N) is 2. The maximum atomic E-state index is 12.5. The van der Waals surface area contributed by atoms with Gasteiger partial charge in [-0.25, -0.2) is 4.68 Å². The zero-order valence-electron chi connectivity index (χ0n) is 13.4. The number of amides is 1. The number of aromatic nitrogens is 2. The molecule has 0 aliphatic carbocycles. The largest absolute Gasteiger partial charge is 0.481 e. The minimum atomic E-state index is -0.982. The van der Waals surface area contributed by atoms with E-state index >= 15 is 0 Å². The molecule has 1 atom stereocenters. The molecule has 0 aliphatic heterocycles. The van der Waals surface area contributed by atoms with Crippen LogP contribution in [0.25, 0.3) is 5.69 Å². The summed E-state index contributed by atoms with van der Waals surface area (Å²) >= 11 is 0. The lowest BCUT2D eigenvalue weighted by atomic mass is 10.0. The third-order valence-electron chi connectivity index (χ3n) is 3.73. The number of aliphatic carboxylic acids is 1. The first-order valence-corrected chi connectivity index (χ1v) is 7.82. The molecule has 1 amide bonds. The Balaban J connectivity index is 1.78. The van der Waals surface area contributed by atoms with Crippen molar-refractivity contribution in [3.8, 4) is 5.69 Å². The molecule has 1 heterocycles. The van der Waals surface area contributed by atoms with Crippen molar-refractivity contribution in [2.24, 2.45) is 0 Å². The number of benzene rings is 2. The molecule has 2 N–H and O–H groups in total. The van der Waals surface area contributed by atoms with E-state index in [4.69, 9.17) is 5.11 Å². The van der Waals surface area contributed by atoms with Crippen LogP contribution in [0.1, 0.15) is 28.5 Å². The number of carboxylic acid groups (broad SMARTS) is 1. The summed E-state index contributed by atoms with van der Waals surface area (Å²) in [6.07, 6.45) is 1.49. The van der Waals surface area contributed by atoms with E-state index in [2.05, 4.69) is 10.4 Å². The average molecular weight is 335 g/mol. The molecule has 0 radical (unpaired) electrons. The van der Waals surface area contributed by atoms with E-state index in [0.717, 1.165) is 11.3 Å². The van der Waals surface area contributed by atoms with E-state index in [1.54, 1.807) is 41.2 Å². The number of carboxylic acids is 1. The number of nitrogens with one attached hydrogen (secondary N) is 1. The number of rotatable bonds is 6. The predicted octanol–water partition coefficient (Wildman–Crippen LogP) is 2.82. The van der Waals surface area contributed by atoms with Crippen LogP contribution in [0.15, 0.2) is 72.9 Å². The van der Waals surface area contributed by atoms with Crippen LogP contribution in [0.3, 0.4) is 0 Å². The molecular formula is C19H17N3O3. The van der Waals surface area contributed by atoms with Gasteiger partial charge in [0, 0.05) is 6.20 Å². The lowest BCUT2D eigenvalue weighted by Crippen LogP contribution is -2.30. The topological polar surface area (TPSA) is 84.2 Å². The van der Waals surface area contributed by atoms with Gasteiger partial charge in [0.25, 0.3) is 5.91 Å². The summed E-state index contributed by atoms with van der Waals surface area (Å²) in [6, 6.07) is 19.4. The highest BCUT2D eigenvalue weighted by molar-refractivity contribution is 5.92. The summed E-state index contributed by atoms with van der Waals surface area (Å²) in [5.74, 6) is -1.39. The van der Waals surface area contributed by atoms with Crippen molar-refractivity contribution in [2.75, 3.05) is 0 Å². The van der Waals surface area contributed by atoms with E-state index in [9.17, 15) is 9.59 Å². The van der Waals surface area contributed by atoms with Gasteiger partial charge in [0.1, 0.15) is 0 Å². The molecule has 2 aromatic carbocycles. The maximum absolute atomic E-state index is 12.5. The Morgan fingerprint density at radius 3 is 2.28 bits per heavy atom. The van der Waals surface area contributed by atoms with Gasteiger partial charge in [-0.3, -0.25) is 9.59 Å². The van der Waals surface area contributed by atoms with Gasteiger partial charge in [0.05, 0.1) is 18.2 Å². The van der Waals surface area contributed by atoms with Crippen molar-refractivity contribution in [3.05, 3.63) is 84.2 Å². The maximum Gasteiger partial charge on any atom is 0.305 e. The van der Waals surface area contributed by atoms with Crippen molar-refractivity contribution in [1.82, 2.24) is 15.1 Å². The number of carbonyl (C=O) groups excluding carboxylic acids is 1. The second-order valence-corrected chi connectivity index (χ2v) is 5.52. The first-order valence-electron chi connectivity index (χ1n) is 7.82. The fourth-order valence-electron chi connectivity index (χ4n) is 2.51. The standard InChI is InChI=1S/C19H17N3O3/c23-18(24)13-17(14-7-3-1-4-8-14)20-19(25)16-11-12-22(21-16)15-9-5-2-6-10-15/h1-12,17H,13H2,(H,20,25)(H,23,24)/t17-/m1/s1. The molecule has 6 nitrogen and oxygen atoms in total. The SMILES string of the molecule is O=C(O)C[C@@H](NC(=O)c1ccn(-c2ccccc2)n1)c1ccccc1. The molecule has 6 heteroatoms. The van der Waals surface area contributed by atoms with Crippen molar-refractivity contribution >= 4 is 11.9 Å².